The Labute approximate surface area is 98.9 Å². The minimum absolute atomic E-state index is 0.0760. The number of hydrazine groups is 1. The summed E-state index contributed by atoms with van der Waals surface area (Å²) < 4.78 is 4.68. The van der Waals surface area contributed by atoms with E-state index in [4.69, 9.17) is 0 Å². The molecule has 0 aliphatic heterocycles. The lowest BCUT2D eigenvalue weighted by molar-refractivity contribution is -0.657. The molecule has 0 heterocycles. The molecule has 0 unspecified atom stereocenters. The van der Waals surface area contributed by atoms with E-state index in [0.717, 1.165) is 10.6 Å². The minimum atomic E-state index is -0.597. The molecule has 0 fully saturated rings. The number of esters is 1. The van der Waals surface area contributed by atoms with E-state index in [2.05, 4.69) is 4.74 Å². The Morgan fingerprint density at radius 1 is 1.41 bits per heavy atom. The van der Waals surface area contributed by atoms with Crippen LogP contribution in [0.25, 0.3) is 0 Å². The molecule has 0 aliphatic carbocycles. The van der Waals surface area contributed by atoms with Crippen molar-refractivity contribution >= 4 is 5.97 Å². The normalized spacial score (nSPS) is 9.71. The predicted molar refractivity (Wildman–Crippen MR) is 60.5 cm³/mol. The summed E-state index contributed by atoms with van der Waals surface area (Å²) in [5.41, 5.74) is 0.772. The van der Waals surface area contributed by atoms with E-state index in [1.807, 2.05) is 6.07 Å². The highest BCUT2D eigenvalue weighted by Gasteiger charge is 2.19. The summed E-state index contributed by atoms with van der Waals surface area (Å²) in [4.78, 5) is 21.9. The van der Waals surface area contributed by atoms with E-state index in [9.17, 15) is 14.9 Å². The fraction of sp³-hybridized carbons (Fsp3) is 0.364. The van der Waals surface area contributed by atoms with E-state index in [1.54, 1.807) is 31.2 Å². The van der Waals surface area contributed by atoms with Crippen LogP contribution < -0.4 is 0 Å². The van der Waals surface area contributed by atoms with Gasteiger partial charge in [-0.05, 0) is 12.5 Å². The average molecular weight is 238 g/mol. The molecule has 1 rings (SSSR count). The van der Waals surface area contributed by atoms with Gasteiger partial charge >= 0.3 is 5.97 Å². The fourth-order valence-corrected chi connectivity index (χ4v) is 1.32. The van der Waals surface area contributed by atoms with Gasteiger partial charge < -0.3 is 4.74 Å². The molecule has 0 atom stereocenters. The highest BCUT2D eigenvalue weighted by atomic mass is 16.7. The third-order valence-electron chi connectivity index (χ3n) is 2.06. The van der Waals surface area contributed by atoms with Crippen LogP contribution in [0.15, 0.2) is 30.3 Å². The van der Waals surface area contributed by atoms with Gasteiger partial charge in [-0.15, -0.1) is 5.01 Å². The lowest BCUT2D eigenvalue weighted by Crippen LogP contribution is -2.35. The summed E-state index contributed by atoms with van der Waals surface area (Å²) >= 11 is 0. The van der Waals surface area contributed by atoms with Gasteiger partial charge in [0.15, 0.2) is 11.6 Å². The van der Waals surface area contributed by atoms with Crippen LogP contribution in [0.2, 0.25) is 0 Å². The van der Waals surface area contributed by atoms with Gasteiger partial charge in [0.2, 0.25) is 0 Å². The highest BCUT2D eigenvalue weighted by molar-refractivity contribution is 5.71. The molecule has 0 radical (unpaired) electrons. The first kappa shape index (κ1) is 13.0. The first-order valence-corrected chi connectivity index (χ1v) is 5.22. The number of carbonyl (C=O) groups is 1. The number of carbonyl (C=O) groups excluding carboxylic acids is 1. The van der Waals surface area contributed by atoms with Crippen LogP contribution in [0.4, 0.5) is 0 Å². The van der Waals surface area contributed by atoms with Crippen molar-refractivity contribution in [2.24, 2.45) is 0 Å². The third-order valence-corrected chi connectivity index (χ3v) is 2.06. The maximum atomic E-state index is 11.2. The topological polar surface area (TPSA) is 72.7 Å². The quantitative estimate of drug-likeness (QED) is 0.423. The van der Waals surface area contributed by atoms with E-state index in [1.165, 1.54) is 0 Å². The second-order valence-corrected chi connectivity index (χ2v) is 3.35. The summed E-state index contributed by atoms with van der Waals surface area (Å²) in [6.45, 7) is 1.60. The van der Waals surface area contributed by atoms with Crippen molar-refractivity contribution in [1.82, 2.24) is 5.01 Å². The fourth-order valence-electron chi connectivity index (χ4n) is 1.32. The number of nitro groups is 1. The van der Waals surface area contributed by atoms with Gasteiger partial charge in [-0.1, -0.05) is 30.3 Å². The Hall–Kier alpha value is -2.11. The molecular formula is C11H14N2O4. The molecule has 6 heteroatoms. The van der Waals surface area contributed by atoms with Gasteiger partial charge in [0, 0.05) is 0 Å². The van der Waals surface area contributed by atoms with E-state index < -0.39 is 11.0 Å². The molecule has 0 aromatic heterocycles. The van der Waals surface area contributed by atoms with Gasteiger partial charge in [0.05, 0.1) is 6.61 Å². The minimum Gasteiger partial charge on any atom is -0.465 e. The zero-order valence-electron chi connectivity index (χ0n) is 9.54. The van der Waals surface area contributed by atoms with Crippen molar-refractivity contribution < 1.29 is 14.6 Å². The summed E-state index contributed by atoms with van der Waals surface area (Å²) in [5.74, 6) is -0.597. The van der Waals surface area contributed by atoms with Gasteiger partial charge in [-0.3, -0.25) is 0 Å². The number of rotatable bonds is 6. The van der Waals surface area contributed by atoms with Crippen LogP contribution in [0.1, 0.15) is 12.5 Å². The number of ether oxygens (including phenoxy) is 1. The SMILES string of the molecule is CCOC(=O)CN(Cc1ccccc1)[N+](=O)[O-]. The van der Waals surface area contributed by atoms with Crippen molar-refractivity contribution in [2.45, 2.75) is 13.5 Å². The maximum Gasteiger partial charge on any atom is 0.331 e. The van der Waals surface area contributed by atoms with Crippen LogP contribution in [0, 0.1) is 10.1 Å². The largest absolute Gasteiger partial charge is 0.465 e. The Kier molecular flexibility index (Phi) is 4.93. The highest BCUT2D eigenvalue weighted by Crippen LogP contribution is 2.04. The molecule has 6 nitrogen and oxygen atoms in total. The smallest absolute Gasteiger partial charge is 0.331 e. The average Bonchev–Trinajstić information content (AvgIpc) is 2.29. The molecule has 0 spiro atoms. The molecule has 0 saturated carbocycles. The van der Waals surface area contributed by atoms with E-state index in [0.29, 0.717) is 0 Å². The van der Waals surface area contributed by atoms with Crippen LogP contribution in [0.5, 0.6) is 0 Å². The maximum absolute atomic E-state index is 11.2. The molecular weight excluding hydrogens is 224 g/mol. The van der Waals surface area contributed by atoms with E-state index in [-0.39, 0.29) is 19.7 Å². The summed E-state index contributed by atoms with van der Waals surface area (Å²) in [7, 11) is 0. The second-order valence-electron chi connectivity index (χ2n) is 3.35. The summed E-state index contributed by atoms with van der Waals surface area (Å²) in [5, 5.41) is 11.0. The molecule has 0 aliphatic rings. The Balaban J connectivity index is 2.61. The Morgan fingerprint density at radius 2 is 2.06 bits per heavy atom. The number of benzene rings is 1. The molecule has 0 N–H and O–H groups in total. The van der Waals surface area contributed by atoms with Crippen LogP contribution in [-0.4, -0.2) is 29.2 Å². The summed E-state index contributed by atoms with van der Waals surface area (Å²) in [6.07, 6.45) is 0. The van der Waals surface area contributed by atoms with Crippen molar-refractivity contribution in [3.05, 3.63) is 46.0 Å². The van der Waals surface area contributed by atoms with Gasteiger partial charge in [-0.2, -0.15) is 0 Å². The number of hydrogen-bond acceptors (Lipinski definition) is 4. The van der Waals surface area contributed by atoms with Crippen LogP contribution in [0.3, 0.4) is 0 Å². The van der Waals surface area contributed by atoms with E-state index >= 15 is 0 Å². The lowest BCUT2D eigenvalue weighted by Gasteiger charge is -2.13. The van der Waals surface area contributed by atoms with Crippen molar-refractivity contribution in [1.29, 1.82) is 0 Å². The van der Waals surface area contributed by atoms with Crippen molar-refractivity contribution in [3.63, 3.8) is 0 Å². The first-order valence-electron chi connectivity index (χ1n) is 5.22. The zero-order valence-corrected chi connectivity index (χ0v) is 9.54. The standard InChI is InChI=1S/C11H14N2O4/c1-2-17-11(14)9-12(13(15)16)8-10-6-4-3-5-7-10/h3-7H,2,8-9H2,1H3. The first-order chi connectivity index (χ1) is 8.13. The number of nitrogens with zero attached hydrogens (tertiary/aromatic N) is 2. The van der Waals surface area contributed by atoms with Gasteiger partial charge in [-0.25, -0.2) is 14.9 Å². The summed E-state index contributed by atoms with van der Waals surface area (Å²) in [6, 6.07) is 8.93. The lowest BCUT2D eigenvalue weighted by atomic mass is 10.2. The van der Waals surface area contributed by atoms with Crippen molar-refractivity contribution in [3.8, 4) is 0 Å². The molecule has 0 amide bonds. The molecule has 1 aromatic carbocycles. The monoisotopic (exact) mass is 238 g/mol. The number of hydrogen-bond donors (Lipinski definition) is 0. The molecule has 0 bridgehead atoms. The Morgan fingerprint density at radius 3 is 2.59 bits per heavy atom. The molecule has 0 saturated heterocycles. The predicted octanol–water partition coefficient (Wildman–Crippen LogP) is 1.24. The second kappa shape index (κ2) is 6.47. The third kappa shape index (κ3) is 4.50. The Bertz CT molecular complexity index is 380. The van der Waals surface area contributed by atoms with Gasteiger partial charge in [0.1, 0.15) is 6.54 Å². The van der Waals surface area contributed by atoms with Crippen LogP contribution in [-0.2, 0) is 16.1 Å². The van der Waals surface area contributed by atoms with Crippen molar-refractivity contribution in [2.75, 3.05) is 13.2 Å². The molecule has 1 aromatic rings. The molecule has 92 valence electrons. The van der Waals surface area contributed by atoms with Crippen LogP contribution >= 0.6 is 0 Å². The molecule has 17 heavy (non-hydrogen) atoms. The zero-order chi connectivity index (χ0) is 12.7. The van der Waals surface area contributed by atoms with Gasteiger partial charge in [0.25, 0.3) is 0 Å².